The molecule has 14 heavy (non-hydrogen) atoms. The van der Waals surface area contributed by atoms with Crippen LogP contribution in [0.5, 0.6) is 0 Å². The molecule has 6 heteroatoms. The summed E-state index contributed by atoms with van der Waals surface area (Å²) in [6.07, 6.45) is 0. The molecule has 0 aliphatic carbocycles. The van der Waals surface area contributed by atoms with Gasteiger partial charge in [0.2, 0.25) is 11.9 Å². The summed E-state index contributed by atoms with van der Waals surface area (Å²) in [5.41, 5.74) is 5.35. The quantitative estimate of drug-likeness (QED) is 0.249. The second-order valence-electron chi connectivity index (χ2n) is 3.19. The summed E-state index contributed by atoms with van der Waals surface area (Å²) in [6, 6.07) is 0.0912. The predicted octanol–water partition coefficient (Wildman–Crippen LogP) is -0.463. The first-order chi connectivity index (χ1) is 6.51. The van der Waals surface area contributed by atoms with Gasteiger partial charge in [-0.2, -0.15) is 0 Å². The van der Waals surface area contributed by atoms with Gasteiger partial charge in [0.15, 0.2) is 0 Å². The molecule has 82 valence electrons. The van der Waals surface area contributed by atoms with Crippen molar-refractivity contribution in [2.45, 2.75) is 26.8 Å². The van der Waals surface area contributed by atoms with Gasteiger partial charge in [-0.1, -0.05) is 5.16 Å². The van der Waals surface area contributed by atoms with Crippen molar-refractivity contribution in [2.75, 3.05) is 13.1 Å². The Bertz CT molecular complexity index is 215. The van der Waals surface area contributed by atoms with E-state index in [1.807, 2.05) is 20.8 Å². The van der Waals surface area contributed by atoms with Gasteiger partial charge in [-0.05, 0) is 20.8 Å². The van der Waals surface area contributed by atoms with Gasteiger partial charge in [0.05, 0.1) is 6.54 Å². The number of carbonyl (C=O) groups is 1. The molecule has 0 saturated carbocycles. The smallest absolute Gasteiger partial charge is 0.239 e. The van der Waals surface area contributed by atoms with Crippen LogP contribution < -0.4 is 11.1 Å². The molecule has 4 N–H and O–H groups in total. The van der Waals surface area contributed by atoms with Crippen molar-refractivity contribution < 1.29 is 10.0 Å². The third-order valence-electron chi connectivity index (χ3n) is 1.59. The fourth-order valence-electron chi connectivity index (χ4n) is 0.959. The number of carbonyl (C=O) groups excluding carboxylic acids is 1. The van der Waals surface area contributed by atoms with E-state index < -0.39 is 0 Å². The van der Waals surface area contributed by atoms with Crippen LogP contribution in [-0.4, -0.2) is 41.1 Å². The Kier molecular flexibility index (Phi) is 5.43. The number of likely N-dealkylation sites (N-methyl/N-ethyl adjacent to an activating group) is 1. The zero-order valence-electron chi connectivity index (χ0n) is 8.82. The van der Waals surface area contributed by atoms with Crippen molar-refractivity contribution in [2.24, 2.45) is 10.9 Å². The number of nitrogens with zero attached hydrogens (tertiary/aromatic N) is 2. The van der Waals surface area contributed by atoms with Gasteiger partial charge in [0.25, 0.3) is 0 Å². The van der Waals surface area contributed by atoms with Crippen LogP contribution in [0.3, 0.4) is 0 Å². The zero-order chi connectivity index (χ0) is 11.1. The number of amides is 1. The molecule has 0 atom stereocenters. The van der Waals surface area contributed by atoms with E-state index in [1.54, 1.807) is 0 Å². The van der Waals surface area contributed by atoms with Crippen molar-refractivity contribution >= 4 is 11.9 Å². The molecular weight excluding hydrogens is 184 g/mol. The van der Waals surface area contributed by atoms with Crippen LogP contribution >= 0.6 is 0 Å². The molecule has 0 spiro atoms. The monoisotopic (exact) mass is 202 g/mol. The van der Waals surface area contributed by atoms with Gasteiger partial charge in [0, 0.05) is 12.6 Å². The number of hydrogen-bond acceptors (Lipinski definition) is 3. The highest BCUT2D eigenvalue weighted by Crippen LogP contribution is 1.88. The summed E-state index contributed by atoms with van der Waals surface area (Å²) in [6.45, 7) is 6.18. The lowest BCUT2D eigenvalue weighted by Crippen LogP contribution is -2.45. The largest absolute Gasteiger partial charge is 0.408 e. The molecule has 1 amide bonds. The molecule has 0 unspecified atom stereocenters. The summed E-state index contributed by atoms with van der Waals surface area (Å²) in [5, 5.41) is 14.0. The van der Waals surface area contributed by atoms with E-state index in [1.165, 1.54) is 4.90 Å². The first kappa shape index (κ1) is 12.5. The van der Waals surface area contributed by atoms with Crippen LogP contribution in [0.2, 0.25) is 0 Å². The highest BCUT2D eigenvalue weighted by molar-refractivity contribution is 5.85. The maximum absolute atomic E-state index is 11.3. The number of nitrogens with two attached hydrogens (primary N) is 1. The van der Waals surface area contributed by atoms with E-state index in [9.17, 15) is 4.79 Å². The summed E-state index contributed by atoms with van der Waals surface area (Å²) < 4.78 is 0. The van der Waals surface area contributed by atoms with Gasteiger partial charge >= 0.3 is 0 Å². The maximum Gasteiger partial charge on any atom is 0.239 e. The molecule has 0 rings (SSSR count). The molecule has 0 aromatic carbocycles. The van der Waals surface area contributed by atoms with Gasteiger partial charge in [-0.15, -0.1) is 0 Å². The number of rotatable bonds is 4. The van der Waals surface area contributed by atoms with Crippen LogP contribution in [0.4, 0.5) is 0 Å². The van der Waals surface area contributed by atoms with E-state index in [4.69, 9.17) is 10.9 Å². The van der Waals surface area contributed by atoms with E-state index in [2.05, 4.69) is 10.5 Å². The molecule has 0 aromatic rings. The Balaban J connectivity index is 4.12. The summed E-state index contributed by atoms with van der Waals surface area (Å²) in [5.74, 6) is -0.195. The van der Waals surface area contributed by atoms with Crippen LogP contribution in [0.1, 0.15) is 20.8 Å². The van der Waals surface area contributed by atoms with Crippen LogP contribution in [0, 0.1) is 0 Å². The fraction of sp³-hybridized carbons (Fsp3) is 0.750. The zero-order valence-corrected chi connectivity index (χ0v) is 8.82. The van der Waals surface area contributed by atoms with Crippen molar-refractivity contribution in [1.29, 1.82) is 0 Å². The molecule has 0 fully saturated rings. The topological polar surface area (TPSA) is 91.0 Å². The summed E-state index contributed by atoms with van der Waals surface area (Å²) in [4.78, 5) is 12.8. The molecular formula is C8H18N4O2. The average molecular weight is 202 g/mol. The molecule has 0 aliphatic heterocycles. The van der Waals surface area contributed by atoms with E-state index in [-0.39, 0.29) is 24.5 Å². The molecule has 0 radical (unpaired) electrons. The van der Waals surface area contributed by atoms with Crippen LogP contribution in [0.25, 0.3) is 0 Å². The SMILES string of the molecule is CCN(CC(=O)NC(C)C)C(N)=NO. The van der Waals surface area contributed by atoms with Crippen molar-refractivity contribution in [1.82, 2.24) is 10.2 Å². The fourth-order valence-corrected chi connectivity index (χ4v) is 0.959. The minimum absolute atomic E-state index is 0.0496. The Hall–Kier alpha value is -1.46. The van der Waals surface area contributed by atoms with Gasteiger partial charge in [-0.3, -0.25) is 4.79 Å². The second kappa shape index (κ2) is 6.06. The number of hydrogen-bond donors (Lipinski definition) is 3. The van der Waals surface area contributed by atoms with E-state index in [0.29, 0.717) is 6.54 Å². The van der Waals surface area contributed by atoms with Crippen LogP contribution in [0.15, 0.2) is 5.16 Å². The van der Waals surface area contributed by atoms with Crippen LogP contribution in [-0.2, 0) is 4.79 Å². The normalized spacial score (nSPS) is 11.6. The molecule has 0 saturated heterocycles. The number of nitrogens with one attached hydrogen (secondary N) is 1. The Morgan fingerprint density at radius 2 is 2.21 bits per heavy atom. The standard InChI is InChI=1S/C8H18N4O2/c1-4-12(8(9)11-14)5-7(13)10-6(2)3/h6,14H,4-5H2,1-3H3,(H2,9,11)(H,10,13). The van der Waals surface area contributed by atoms with E-state index in [0.717, 1.165) is 0 Å². The number of oxime groups is 1. The highest BCUT2D eigenvalue weighted by atomic mass is 16.4. The minimum Gasteiger partial charge on any atom is -0.408 e. The molecule has 0 heterocycles. The maximum atomic E-state index is 11.3. The van der Waals surface area contributed by atoms with Crippen molar-refractivity contribution in [3.8, 4) is 0 Å². The Labute approximate surface area is 83.7 Å². The predicted molar refractivity (Wildman–Crippen MR) is 53.9 cm³/mol. The Morgan fingerprint density at radius 3 is 2.57 bits per heavy atom. The second-order valence-corrected chi connectivity index (χ2v) is 3.19. The first-order valence-corrected chi connectivity index (χ1v) is 4.53. The lowest BCUT2D eigenvalue weighted by molar-refractivity contribution is -0.121. The summed E-state index contributed by atoms with van der Waals surface area (Å²) >= 11 is 0. The van der Waals surface area contributed by atoms with Gasteiger partial charge in [0.1, 0.15) is 0 Å². The highest BCUT2D eigenvalue weighted by Gasteiger charge is 2.11. The molecule has 0 aliphatic rings. The van der Waals surface area contributed by atoms with E-state index >= 15 is 0 Å². The Morgan fingerprint density at radius 1 is 1.64 bits per heavy atom. The third-order valence-corrected chi connectivity index (χ3v) is 1.59. The number of guanidine groups is 1. The first-order valence-electron chi connectivity index (χ1n) is 4.53. The summed E-state index contributed by atoms with van der Waals surface area (Å²) in [7, 11) is 0. The van der Waals surface area contributed by atoms with Gasteiger partial charge in [-0.25, -0.2) is 0 Å². The van der Waals surface area contributed by atoms with Gasteiger partial charge < -0.3 is 21.2 Å². The molecule has 6 nitrogen and oxygen atoms in total. The van der Waals surface area contributed by atoms with Crippen molar-refractivity contribution in [3.63, 3.8) is 0 Å². The lowest BCUT2D eigenvalue weighted by atomic mass is 10.4. The molecule has 0 bridgehead atoms. The molecule has 0 aromatic heterocycles. The van der Waals surface area contributed by atoms with Crippen molar-refractivity contribution in [3.05, 3.63) is 0 Å². The average Bonchev–Trinajstić information content (AvgIpc) is 2.11. The lowest BCUT2D eigenvalue weighted by Gasteiger charge is -2.20. The minimum atomic E-state index is -0.145. The third kappa shape index (κ3) is 4.54.